The topological polar surface area (TPSA) is 43.8 Å². The van der Waals surface area contributed by atoms with Crippen molar-refractivity contribution in [2.24, 2.45) is 5.73 Å². The Morgan fingerprint density at radius 1 is 1.75 bits per heavy atom. The zero-order valence-electron chi connectivity index (χ0n) is 7.45. The minimum absolute atomic E-state index is 0.214. The molecule has 12 heavy (non-hydrogen) atoms. The van der Waals surface area contributed by atoms with Crippen molar-refractivity contribution in [3.8, 4) is 0 Å². The van der Waals surface area contributed by atoms with Crippen molar-refractivity contribution >= 4 is 0 Å². The summed E-state index contributed by atoms with van der Waals surface area (Å²) < 4.78 is 2.06. The summed E-state index contributed by atoms with van der Waals surface area (Å²) in [7, 11) is 0. The number of rotatable bonds is 1. The molecule has 2 rings (SSSR count). The van der Waals surface area contributed by atoms with Gasteiger partial charge in [0.05, 0.1) is 11.4 Å². The fourth-order valence-corrected chi connectivity index (χ4v) is 1.75. The predicted molar refractivity (Wildman–Crippen MR) is 47.8 cm³/mol. The van der Waals surface area contributed by atoms with E-state index >= 15 is 0 Å². The van der Waals surface area contributed by atoms with Gasteiger partial charge in [-0.15, -0.1) is 0 Å². The molecule has 2 N–H and O–H groups in total. The average molecular weight is 165 g/mol. The van der Waals surface area contributed by atoms with Crippen LogP contribution in [0.15, 0.2) is 6.07 Å². The number of nitrogens with two attached hydrogens (primary N) is 1. The summed E-state index contributed by atoms with van der Waals surface area (Å²) in [5.41, 5.74) is 8.34. The lowest BCUT2D eigenvalue weighted by Gasteiger charge is -2.19. The highest BCUT2D eigenvalue weighted by Crippen LogP contribution is 2.22. The van der Waals surface area contributed by atoms with Gasteiger partial charge in [-0.05, 0) is 25.3 Å². The maximum Gasteiger partial charge on any atom is 0.0625 e. The molecule has 1 aromatic heterocycles. The number of aromatic nitrogens is 2. The molecule has 0 fully saturated rings. The van der Waals surface area contributed by atoms with Gasteiger partial charge in [-0.2, -0.15) is 5.10 Å². The summed E-state index contributed by atoms with van der Waals surface area (Å²) in [6.07, 6.45) is 3.28. The molecule has 1 aliphatic rings. The molecule has 1 aliphatic heterocycles. The first-order valence-electron chi connectivity index (χ1n) is 4.63. The summed E-state index contributed by atoms with van der Waals surface area (Å²) in [6.45, 7) is 3.17. The number of aryl methyl sites for hydroxylation is 2. The van der Waals surface area contributed by atoms with E-state index in [1.54, 1.807) is 0 Å². The number of nitrogens with zero attached hydrogens (tertiary/aromatic N) is 2. The first-order chi connectivity index (χ1) is 5.81. The highest BCUT2D eigenvalue weighted by molar-refractivity contribution is 5.15. The maximum absolute atomic E-state index is 5.95. The van der Waals surface area contributed by atoms with Crippen molar-refractivity contribution in [2.75, 3.05) is 0 Å². The molecule has 0 unspecified atom stereocenters. The fourth-order valence-electron chi connectivity index (χ4n) is 1.75. The molecular formula is C9H15N3. The Balaban J connectivity index is 2.37. The first-order valence-corrected chi connectivity index (χ1v) is 4.63. The van der Waals surface area contributed by atoms with Crippen LogP contribution in [0.3, 0.4) is 0 Å². The molecule has 66 valence electrons. The molecule has 0 aliphatic carbocycles. The summed E-state index contributed by atoms with van der Waals surface area (Å²) >= 11 is 0. The Bertz CT molecular complexity index is 277. The molecule has 1 atom stereocenters. The quantitative estimate of drug-likeness (QED) is 0.680. The van der Waals surface area contributed by atoms with Crippen molar-refractivity contribution in [3.05, 3.63) is 17.5 Å². The van der Waals surface area contributed by atoms with Crippen LogP contribution in [0.5, 0.6) is 0 Å². The molecule has 0 radical (unpaired) electrons. The molecule has 0 spiro atoms. The van der Waals surface area contributed by atoms with E-state index in [9.17, 15) is 0 Å². The Morgan fingerprint density at radius 2 is 2.58 bits per heavy atom. The zero-order valence-corrected chi connectivity index (χ0v) is 7.45. The third-order valence-electron chi connectivity index (χ3n) is 2.49. The molecule has 3 nitrogen and oxygen atoms in total. The van der Waals surface area contributed by atoms with Crippen molar-refractivity contribution < 1.29 is 0 Å². The molecule has 1 aromatic rings. The van der Waals surface area contributed by atoms with Crippen LogP contribution < -0.4 is 5.73 Å². The first kappa shape index (κ1) is 7.80. The van der Waals surface area contributed by atoms with E-state index in [0.29, 0.717) is 0 Å². The fraction of sp³-hybridized carbons (Fsp3) is 0.667. The van der Waals surface area contributed by atoms with Gasteiger partial charge < -0.3 is 5.73 Å². The summed E-state index contributed by atoms with van der Waals surface area (Å²) in [5, 5.41) is 4.46. The van der Waals surface area contributed by atoms with Gasteiger partial charge in [0.15, 0.2) is 0 Å². The van der Waals surface area contributed by atoms with E-state index in [4.69, 9.17) is 5.73 Å². The molecule has 0 bridgehead atoms. The SMILES string of the molecule is CCc1cc2n(n1)CCC[C@H]2N. The monoisotopic (exact) mass is 165 g/mol. The van der Waals surface area contributed by atoms with Gasteiger partial charge in [-0.3, -0.25) is 4.68 Å². The van der Waals surface area contributed by atoms with E-state index in [-0.39, 0.29) is 6.04 Å². The van der Waals surface area contributed by atoms with Gasteiger partial charge in [-0.1, -0.05) is 6.92 Å². The molecule has 0 amide bonds. The summed E-state index contributed by atoms with van der Waals surface area (Å²) in [5.74, 6) is 0. The van der Waals surface area contributed by atoms with Crippen molar-refractivity contribution in [3.63, 3.8) is 0 Å². The highest BCUT2D eigenvalue weighted by Gasteiger charge is 2.18. The van der Waals surface area contributed by atoms with Crippen LogP contribution in [0.25, 0.3) is 0 Å². The molecule has 0 saturated heterocycles. The molecular weight excluding hydrogens is 150 g/mol. The third-order valence-corrected chi connectivity index (χ3v) is 2.49. The largest absolute Gasteiger partial charge is 0.323 e. The Kier molecular flexibility index (Phi) is 1.89. The maximum atomic E-state index is 5.95. The lowest BCUT2D eigenvalue weighted by atomic mass is 10.1. The average Bonchev–Trinajstić information content (AvgIpc) is 2.49. The number of hydrogen-bond acceptors (Lipinski definition) is 2. The van der Waals surface area contributed by atoms with E-state index in [0.717, 1.165) is 19.4 Å². The van der Waals surface area contributed by atoms with Crippen LogP contribution in [-0.2, 0) is 13.0 Å². The highest BCUT2D eigenvalue weighted by atomic mass is 15.3. The van der Waals surface area contributed by atoms with Crippen molar-refractivity contribution in [1.29, 1.82) is 0 Å². The second kappa shape index (κ2) is 2.90. The number of fused-ring (bicyclic) bond motifs is 1. The van der Waals surface area contributed by atoms with Crippen LogP contribution in [0.4, 0.5) is 0 Å². The summed E-state index contributed by atoms with van der Waals surface area (Å²) in [6, 6.07) is 2.36. The molecule has 3 heteroatoms. The van der Waals surface area contributed by atoms with Gasteiger partial charge in [0, 0.05) is 12.6 Å². The van der Waals surface area contributed by atoms with Gasteiger partial charge in [-0.25, -0.2) is 0 Å². The lowest BCUT2D eigenvalue weighted by Crippen LogP contribution is -2.21. The van der Waals surface area contributed by atoms with Crippen LogP contribution >= 0.6 is 0 Å². The van der Waals surface area contributed by atoms with Crippen molar-refractivity contribution in [2.45, 2.75) is 38.8 Å². The standard InChI is InChI=1S/C9H15N3/c1-2-7-6-9-8(10)4-3-5-12(9)11-7/h6,8H,2-5,10H2,1H3/t8-/m1/s1. The van der Waals surface area contributed by atoms with Crippen LogP contribution in [0.2, 0.25) is 0 Å². The van der Waals surface area contributed by atoms with E-state index in [1.165, 1.54) is 17.8 Å². The van der Waals surface area contributed by atoms with Gasteiger partial charge in [0.2, 0.25) is 0 Å². The Morgan fingerprint density at radius 3 is 3.25 bits per heavy atom. The minimum atomic E-state index is 0.214. The van der Waals surface area contributed by atoms with Gasteiger partial charge in [0.1, 0.15) is 0 Å². The lowest BCUT2D eigenvalue weighted by molar-refractivity contribution is 0.429. The second-order valence-electron chi connectivity index (χ2n) is 3.39. The van der Waals surface area contributed by atoms with E-state index in [2.05, 4.69) is 22.8 Å². The molecule has 0 saturated carbocycles. The predicted octanol–water partition coefficient (Wildman–Crippen LogP) is 1.24. The van der Waals surface area contributed by atoms with Crippen LogP contribution in [0, 0.1) is 0 Å². The third kappa shape index (κ3) is 1.14. The molecule has 2 heterocycles. The number of hydrogen-bond donors (Lipinski definition) is 1. The Labute approximate surface area is 72.6 Å². The molecule has 0 aromatic carbocycles. The van der Waals surface area contributed by atoms with E-state index in [1.807, 2.05) is 0 Å². The normalized spacial score (nSPS) is 22.3. The van der Waals surface area contributed by atoms with E-state index < -0.39 is 0 Å². The van der Waals surface area contributed by atoms with Crippen molar-refractivity contribution in [1.82, 2.24) is 9.78 Å². The van der Waals surface area contributed by atoms with Gasteiger partial charge >= 0.3 is 0 Å². The minimum Gasteiger partial charge on any atom is -0.323 e. The smallest absolute Gasteiger partial charge is 0.0625 e. The van der Waals surface area contributed by atoms with Crippen LogP contribution in [-0.4, -0.2) is 9.78 Å². The Hall–Kier alpha value is -0.830. The zero-order chi connectivity index (χ0) is 8.55. The second-order valence-corrected chi connectivity index (χ2v) is 3.39. The van der Waals surface area contributed by atoms with Gasteiger partial charge in [0.25, 0.3) is 0 Å². The summed E-state index contributed by atoms with van der Waals surface area (Å²) in [4.78, 5) is 0. The van der Waals surface area contributed by atoms with Crippen LogP contribution in [0.1, 0.15) is 37.2 Å².